The molecule has 1 aliphatic rings. The Hall–Kier alpha value is -2.97. The normalized spacial score (nSPS) is 14.8. The van der Waals surface area contributed by atoms with Crippen LogP contribution in [0.4, 0.5) is 0 Å². The number of nitrogens with zero attached hydrogens (tertiary/aromatic N) is 1. The average Bonchev–Trinajstić information content (AvgIpc) is 3.58. The van der Waals surface area contributed by atoms with Gasteiger partial charge in [0.05, 0.1) is 11.4 Å². The molecule has 1 atom stereocenters. The summed E-state index contributed by atoms with van der Waals surface area (Å²) < 4.78 is 0. The molecule has 178 valence electrons. The number of rotatable bonds is 9. The van der Waals surface area contributed by atoms with Crippen LogP contribution in [0.2, 0.25) is 0 Å². The Morgan fingerprint density at radius 3 is 2.32 bits per heavy atom. The first-order valence-electron chi connectivity index (χ1n) is 11.6. The van der Waals surface area contributed by atoms with Crippen LogP contribution in [0.3, 0.4) is 0 Å². The molecule has 4 rings (SSSR count). The Kier molecular flexibility index (Phi) is 8.49. The Morgan fingerprint density at radius 1 is 0.912 bits per heavy atom. The van der Waals surface area contributed by atoms with Crippen molar-refractivity contribution < 1.29 is 14.4 Å². The van der Waals surface area contributed by atoms with Crippen molar-refractivity contribution in [3.63, 3.8) is 0 Å². The van der Waals surface area contributed by atoms with Crippen LogP contribution in [0.25, 0.3) is 0 Å². The molecule has 1 unspecified atom stereocenters. The maximum absolute atomic E-state index is 13.6. The highest BCUT2D eigenvalue weighted by molar-refractivity contribution is 7.12. The van der Waals surface area contributed by atoms with Crippen molar-refractivity contribution >= 4 is 40.4 Å². The van der Waals surface area contributed by atoms with Gasteiger partial charge in [-0.2, -0.15) is 0 Å². The van der Waals surface area contributed by atoms with Gasteiger partial charge in [0.1, 0.15) is 6.04 Å². The smallest absolute Gasteiger partial charge is 0.261 e. The van der Waals surface area contributed by atoms with Crippen molar-refractivity contribution in [3.05, 3.63) is 80.7 Å². The number of benzene rings is 1. The van der Waals surface area contributed by atoms with Gasteiger partial charge in [0.15, 0.2) is 0 Å². The van der Waals surface area contributed by atoms with E-state index in [-0.39, 0.29) is 36.9 Å². The van der Waals surface area contributed by atoms with Crippen LogP contribution >= 0.6 is 22.7 Å². The fourth-order valence-corrected chi connectivity index (χ4v) is 5.73. The zero-order chi connectivity index (χ0) is 23.8. The van der Waals surface area contributed by atoms with Crippen molar-refractivity contribution in [2.24, 2.45) is 0 Å². The van der Waals surface area contributed by atoms with Crippen molar-refractivity contribution in [2.75, 3.05) is 6.54 Å². The molecule has 0 saturated heterocycles. The van der Waals surface area contributed by atoms with Gasteiger partial charge in [0.2, 0.25) is 11.8 Å². The van der Waals surface area contributed by atoms with Crippen molar-refractivity contribution in [1.82, 2.24) is 15.5 Å². The topological polar surface area (TPSA) is 78.5 Å². The van der Waals surface area contributed by atoms with Gasteiger partial charge in [-0.15, -0.1) is 22.7 Å². The van der Waals surface area contributed by atoms with Crippen LogP contribution in [0.1, 0.15) is 58.3 Å². The monoisotopic (exact) mass is 495 g/mol. The van der Waals surface area contributed by atoms with Gasteiger partial charge < -0.3 is 15.5 Å². The van der Waals surface area contributed by atoms with Crippen molar-refractivity contribution in [1.29, 1.82) is 0 Å². The van der Waals surface area contributed by atoms with Gasteiger partial charge in [-0.25, -0.2) is 0 Å². The van der Waals surface area contributed by atoms with Gasteiger partial charge in [0.25, 0.3) is 5.91 Å². The lowest BCUT2D eigenvalue weighted by atomic mass is 9.95. The quantitative estimate of drug-likeness (QED) is 0.449. The maximum Gasteiger partial charge on any atom is 0.261 e. The van der Waals surface area contributed by atoms with Crippen LogP contribution in [0, 0.1) is 0 Å². The maximum atomic E-state index is 13.6. The second kappa shape index (κ2) is 11.9. The van der Waals surface area contributed by atoms with E-state index in [1.807, 2.05) is 53.2 Å². The van der Waals surface area contributed by atoms with Crippen LogP contribution < -0.4 is 10.6 Å². The van der Waals surface area contributed by atoms with E-state index in [1.165, 1.54) is 29.1 Å². The molecule has 0 aliphatic heterocycles. The molecule has 8 heteroatoms. The van der Waals surface area contributed by atoms with Crippen molar-refractivity contribution in [2.45, 2.75) is 50.7 Å². The first-order valence-corrected chi connectivity index (χ1v) is 13.4. The van der Waals surface area contributed by atoms with E-state index in [0.717, 1.165) is 36.1 Å². The molecule has 3 aromatic rings. The van der Waals surface area contributed by atoms with Crippen LogP contribution in [-0.4, -0.2) is 35.2 Å². The molecule has 2 N–H and O–H groups in total. The Morgan fingerprint density at radius 2 is 1.65 bits per heavy atom. The SMILES string of the molecule is O=C(NCC(=O)N(Cc1ccccc1)C(C(=O)NC1CCCCC1)c1cccs1)c1cccs1. The summed E-state index contributed by atoms with van der Waals surface area (Å²) in [7, 11) is 0. The Bertz CT molecular complexity index is 1060. The zero-order valence-electron chi connectivity index (χ0n) is 18.9. The van der Waals surface area contributed by atoms with Crippen LogP contribution in [-0.2, 0) is 16.1 Å². The highest BCUT2D eigenvalue weighted by atomic mass is 32.1. The lowest BCUT2D eigenvalue weighted by Gasteiger charge is -2.33. The molecule has 0 spiro atoms. The summed E-state index contributed by atoms with van der Waals surface area (Å²) >= 11 is 2.78. The van der Waals surface area contributed by atoms with E-state index in [1.54, 1.807) is 17.0 Å². The summed E-state index contributed by atoms with van der Waals surface area (Å²) in [6.07, 6.45) is 5.34. The largest absolute Gasteiger partial charge is 0.351 e. The third-order valence-corrected chi connectivity index (χ3v) is 7.78. The average molecular weight is 496 g/mol. The number of thiophene rings is 2. The molecule has 3 amide bonds. The second-order valence-corrected chi connectivity index (χ2v) is 10.4. The van der Waals surface area contributed by atoms with Gasteiger partial charge >= 0.3 is 0 Å². The molecule has 6 nitrogen and oxygen atoms in total. The van der Waals surface area contributed by atoms with Gasteiger partial charge in [-0.1, -0.05) is 61.7 Å². The molecule has 0 bridgehead atoms. The summed E-state index contributed by atoms with van der Waals surface area (Å²) in [4.78, 5) is 42.5. The van der Waals surface area contributed by atoms with Gasteiger partial charge in [-0.05, 0) is 41.3 Å². The van der Waals surface area contributed by atoms with E-state index in [2.05, 4.69) is 10.6 Å². The molecule has 1 aromatic carbocycles. The standard InChI is InChI=1S/C26H29N3O3S2/c30-23(17-27-25(31)22-14-8-16-34-22)29(18-19-9-3-1-4-10-19)24(21-13-7-15-33-21)26(32)28-20-11-5-2-6-12-20/h1,3-4,7-10,13-16,20,24H,2,5-6,11-12,17-18H2,(H,27,31)(H,28,32). The minimum atomic E-state index is -0.756. The minimum Gasteiger partial charge on any atom is -0.351 e. The Labute approximate surface area is 208 Å². The first kappa shape index (κ1) is 24.2. The molecule has 0 radical (unpaired) electrons. The molecular weight excluding hydrogens is 466 g/mol. The molecular formula is C26H29N3O3S2. The van der Waals surface area contributed by atoms with E-state index < -0.39 is 6.04 Å². The third-order valence-electron chi connectivity index (χ3n) is 5.99. The molecule has 2 aromatic heterocycles. The highest BCUT2D eigenvalue weighted by Crippen LogP contribution is 2.28. The predicted octanol–water partition coefficient (Wildman–Crippen LogP) is 4.76. The number of carbonyl (C=O) groups is 3. The van der Waals surface area contributed by atoms with Gasteiger partial charge in [0, 0.05) is 17.5 Å². The zero-order valence-corrected chi connectivity index (χ0v) is 20.6. The van der Waals surface area contributed by atoms with E-state index in [9.17, 15) is 14.4 Å². The number of carbonyl (C=O) groups excluding carboxylic acids is 3. The fraction of sp³-hybridized carbons (Fsp3) is 0.346. The van der Waals surface area contributed by atoms with E-state index in [0.29, 0.717) is 4.88 Å². The number of hydrogen-bond donors (Lipinski definition) is 2. The second-order valence-electron chi connectivity index (χ2n) is 8.43. The third kappa shape index (κ3) is 6.33. The van der Waals surface area contributed by atoms with Crippen molar-refractivity contribution in [3.8, 4) is 0 Å². The summed E-state index contributed by atoms with van der Waals surface area (Å²) in [5.41, 5.74) is 0.924. The lowest BCUT2D eigenvalue weighted by molar-refractivity contribution is -0.141. The fourth-order valence-electron chi connectivity index (χ4n) is 4.25. The molecule has 34 heavy (non-hydrogen) atoms. The lowest BCUT2D eigenvalue weighted by Crippen LogP contribution is -2.48. The molecule has 1 saturated carbocycles. The number of amides is 3. The number of hydrogen-bond acceptors (Lipinski definition) is 5. The first-order chi connectivity index (χ1) is 16.6. The van der Waals surface area contributed by atoms with Crippen LogP contribution in [0.5, 0.6) is 0 Å². The summed E-state index contributed by atoms with van der Waals surface area (Å²) in [5.74, 6) is -0.753. The van der Waals surface area contributed by atoms with E-state index >= 15 is 0 Å². The highest BCUT2D eigenvalue weighted by Gasteiger charge is 2.33. The molecule has 2 heterocycles. The number of nitrogens with one attached hydrogen (secondary N) is 2. The van der Waals surface area contributed by atoms with Gasteiger partial charge in [-0.3, -0.25) is 14.4 Å². The molecule has 1 fully saturated rings. The summed E-state index contributed by atoms with van der Waals surface area (Å²) in [6.45, 7) is 0.0946. The summed E-state index contributed by atoms with van der Waals surface area (Å²) in [5, 5.41) is 9.66. The summed E-state index contributed by atoms with van der Waals surface area (Å²) in [6, 6.07) is 16.3. The van der Waals surface area contributed by atoms with Crippen LogP contribution in [0.15, 0.2) is 65.4 Å². The minimum absolute atomic E-state index is 0.135. The predicted molar refractivity (Wildman–Crippen MR) is 136 cm³/mol. The Balaban J connectivity index is 1.57. The molecule has 1 aliphatic carbocycles. The van der Waals surface area contributed by atoms with E-state index in [4.69, 9.17) is 0 Å².